The molecule has 0 heterocycles. The third kappa shape index (κ3) is 3.45. The van der Waals surface area contributed by atoms with Crippen LogP contribution in [0, 0.1) is 0 Å². The Morgan fingerprint density at radius 3 is 2.11 bits per heavy atom. The Kier molecular flexibility index (Phi) is 3.10. The van der Waals surface area contributed by atoms with Gasteiger partial charge in [-0.25, -0.2) is 8.42 Å². The van der Waals surface area contributed by atoms with Gasteiger partial charge < -0.3 is 0 Å². The number of hydroxylamine groups is 1. The summed E-state index contributed by atoms with van der Waals surface area (Å²) in [5.41, 5.74) is 0. The van der Waals surface area contributed by atoms with Gasteiger partial charge in [0.15, 0.2) is 0 Å². The molecule has 0 atom stereocenters. The van der Waals surface area contributed by atoms with Gasteiger partial charge >= 0.3 is 0 Å². The van der Waals surface area contributed by atoms with E-state index < -0.39 is 10.0 Å². The van der Waals surface area contributed by atoms with E-state index in [2.05, 4.69) is 0 Å². The van der Waals surface area contributed by atoms with E-state index in [1.54, 1.807) is 6.92 Å². The van der Waals surface area contributed by atoms with E-state index in [0.29, 0.717) is 10.9 Å². The molecular weight excluding hydrogens is 142 g/mol. The minimum absolute atomic E-state index is 0.166. The van der Waals surface area contributed by atoms with E-state index in [1.807, 2.05) is 0 Å². The molecule has 0 saturated carbocycles. The SMILES string of the molecule is CCCN(O)S(C)(=O)=O. The Labute approximate surface area is 55.1 Å². The lowest BCUT2D eigenvalue weighted by atomic mass is 10.5. The Balaban J connectivity index is 3.90. The molecule has 0 saturated heterocycles. The van der Waals surface area contributed by atoms with Crippen molar-refractivity contribution in [3.8, 4) is 0 Å². The van der Waals surface area contributed by atoms with E-state index in [4.69, 9.17) is 5.21 Å². The lowest BCUT2D eigenvalue weighted by Crippen LogP contribution is -2.26. The average Bonchev–Trinajstić information content (AvgIpc) is 1.64. The molecule has 1 N–H and O–H groups in total. The minimum atomic E-state index is -3.38. The second kappa shape index (κ2) is 3.14. The number of rotatable bonds is 3. The normalized spacial score (nSPS) is 12.4. The number of sulfonamides is 1. The van der Waals surface area contributed by atoms with Crippen LogP contribution in [0.15, 0.2) is 0 Å². The van der Waals surface area contributed by atoms with E-state index in [0.717, 1.165) is 6.26 Å². The summed E-state index contributed by atoms with van der Waals surface area (Å²) < 4.78 is 21.1. The summed E-state index contributed by atoms with van der Waals surface area (Å²) in [6.45, 7) is 1.95. The van der Waals surface area contributed by atoms with Crippen LogP contribution in [0.4, 0.5) is 0 Å². The molecule has 0 aliphatic heterocycles. The van der Waals surface area contributed by atoms with Crippen molar-refractivity contribution in [3.05, 3.63) is 0 Å². The predicted octanol–water partition coefficient (Wildman–Crippen LogP) is 0.0472. The molecular formula is C4H11NO3S. The average molecular weight is 153 g/mol. The molecule has 0 aliphatic rings. The molecule has 4 nitrogen and oxygen atoms in total. The number of nitrogens with zero attached hydrogens (tertiary/aromatic N) is 1. The van der Waals surface area contributed by atoms with Crippen LogP contribution in [0.1, 0.15) is 13.3 Å². The molecule has 9 heavy (non-hydrogen) atoms. The number of hydrogen-bond acceptors (Lipinski definition) is 3. The largest absolute Gasteiger partial charge is 0.299 e. The highest BCUT2D eigenvalue weighted by Gasteiger charge is 2.10. The third-order valence-electron chi connectivity index (χ3n) is 0.798. The van der Waals surface area contributed by atoms with Crippen LogP contribution in [-0.2, 0) is 10.0 Å². The summed E-state index contributed by atoms with van der Waals surface area (Å²) in [5.74, 6) is 0. The van der Waals surface area contributed by atoms with Gasteiger partial charge in [-0.15, -0.1) is 0 Å². The van der Waals surface area contributed by atoms with Gasteiger partial charge in [0.25, 0.3) is 0 Å². The van der Waals surface area contributed by atoms with Crippen molar-refractivity contribution in [1.29, 1.82) is 0 Å². The molecule has 0 bridgehead atoms. The monoisotopic (exact) mass is 153 g/mol. The maximum absolute atomic E-state index is 10.4. The lowest BCUT2D eigenvalue weighted by Gasteiger charge is -2.08. The van der Waals surface area contributed by atoms with Crippen molar-refractivity contribution < 1.29 is 13.6 Å². The first kappa shape index (κ1) is 8.87. The topological polar surface area (TPSA) is 57.6 Å². The van der Waals surface area contributed by atoms with E-state index in [1.165, 1.54) is 0 Å². The highest BCUT2D eigenvalue weighted by molar-refractivity contribution is 7.88. The Hall–Kier alpha value is -0.130. The molecule has 0 aliphatic carbocycles. The molecule has 56 valence electrons. The van der Waals surface area contributed by atoms with Gasteiger partial charge in [-0.3, -0.25) is 5.21 Å². The fourth-order valence-electron chi connectivity index (χ4n) is 0.357. The summed E-state index contributed by atoms with van der Waals surface area (Å²) in [5, 5.41) is 8.63. The number of hydrogen-bond donors (Lipinski definition) is 1. The van der Waals surface area contributed by atoms with Gasteiger partial charge in [0.2, 0.25) is 10.0 Å². The maximum Gasteiger partial charge on any atom is 0.232 e. The van der Waals surface area contributed by atoms with Crippen LogP contribution >= 0.6 is 0 Å². The van der Waals surface area contributed by atoms with Crippen LogP contribution in [0.3, 0.4) is 0 Å². The van der Waals surface area contributed by atoms with Crippen LogP contribution in [0.2, 0.25) is 0 Å². The predicted molar refractivity (Wildman–Crippen MR) is 33.6 cm³/mol. The van der Waals surface area contributed by atoms with E-state index in [9.17, 15) is 8.42 Å². The molecule has 0 spiro atoms. The third-order valence-corrected chi connectivity index (χ3v) is 1.75. The summed E-state index contributed by atoms with van der Waals surface area (Å²) >= 11 is 0. The molecule has 0 amide bonds. The summed E-state index contributed by atoms with van der Waals surface area (Å²) in [7, 11) is -3.38. The molecule has 5 heteroatoms. The second-order valence-electron chi connectivity index (χ2n) is 1.81. The first-order valence-electron chi connectivity index (χ1n) is 2.65. The Morgan fingerprint density at radius 1 is 1.56 bits per heavy atom. The van der Waals surface area contributed by atoms with Crippen LogP contribution in [-0.4, -0.2) is 30.9 Å². The van der Waals surface area contributed by atoms with Crippen LogP contribution in [0.5, 0.6) is 0 Å². The molecule has 0 aromatic heterocycles. The molecule has 0 rings (SSSR count). The zero-order valence-electron chi connectivity index (χ0n) is 5.53. The summed E-state index contributed by atoms with van der Waals surface area (Å²) in [6, 6.07) is 0. The molecule has 0 aromatic carbocycles. The van der Waals surface area contributed by atoms with Crippen molar-refractivity contribution >= 4 is 10.0 Å². The first-order chi connectivity index (χ1) is 3.98. The van der Waals surface area contributed by atoms with Gasteiger partial charge in [-0.1, -0.05) is 11.4 Å². The van der Waals surface area contributed by atoms with Crippen molar-refractivity contribution in [2.24, 2.45) is 0 Å². The minimum Gasteiger partial charge on any atom is -0.299 e. The molecule has 0 aromatic rings. The van der Waals surface area contributed by atoms with E-state index in [-0.39, 0.29) is 6.54 Å². The smallest absolute Gasteiger partial charge is 0.232 e. The van der Waals surface area contributed by atoms with Crippen molar-refractivity contribution in [2.45, 2.75) is 13.3 Å². The standard InChI is InChI=1S/C4H11NO3S/c1-3-4-5(6)9(2,7)8/h6H,3-4H2,1-2H3. The maximum atomic E-state index is 10.4. The van der Waals surface area contributed by atoms with Crippen LogP contribution < -0.4 is 0 Å². The van der Waals surface area contributed by atoms with Crippen LogP contribution in [0.25, 0.3) is 0 Å². The quantitative estimate of drug-likeness (QED) is 0.583. The second-order valence-corrected chi connectivity index (χ2v) is 3.70. The molecule has 0 radical (unpaired) electrons. The highest BCUT2D eigenvalue weighted by atomic mass is 32.2. The summed E-state index contributed by atoms with van der Waals surface area (Å²) in [6.07, 6.45) is 1.58. The van der Waals surface area contributed by atoms with Gasteiger partial charge in [-0.05, 0) is 6.42 Å². The summed E-state index contributed by atoms with van der Waals surface area (Å²) in [4.78, 5) is 0. The van der Waals surface area contributed by atoms with Crippen molar-refractivity contribution in [2.75, 3.05) is 12.8 Å². The first-order valence-corrected chi connectivity index (χ1v) is 4.50. The zero-order valence-corrected chi connectivity index (χ0v) is 6.35. The molecule has 0 fully saturated rings. The van der Waals surface area contributed by atoms with E-state index >= 15 is 0 Å². The Morgan fingerprint density at radius 2 is 2.00 bits per heavy atom. The van der Waals surface area contributed by atoms with Gasteiger partial charge in [0, 0.05) is 6.54 Å². The van der Waals surface area contributed by atoms with Gasteiger partial charge in [-0.2, -0.15) is 0 Å². The van der Waals surface area contributed by atoms with Gasteiger partial charge in [0.05, 0.1) is 6.26 Å². The lowest BCUT2D eigenvalue weighted by molar-refractivity contribution is 0.00441. The highest BCUT2D eigenvalue weighted by Crippen LogP contribution is 1.92. The fraction of sp³-hybridized carbons (Fsp3) is 1.00. The van der Waals surface area contributed by atoms with Gasteiger partial charge in [0.1, 0.15) is 0 Å². The molecule has 0 unspecified atom stereocenters. The van der Waals surface area contributed by atoms with Crippen molar-refractivity contribution in [1.82, 2.24) is 4.47 Å². The zero-order chi connectivity index (χ0) is 7.49. The fourth-order valence-corrected chi connectivity index (χ4v) is 0.871. The Bertz CT molecular complexity index is 163. The van der Waals surface area contributed by atoms with Crippen molar-refractivity contribution in [3.63, 3.8) is 0 Å².